The number of amides is 2. The number of para-hydroxylation sites is 1. The molecule has 3 aromatic carbocycles. The van der Waals surface area contributed by atoms with Crippen LogP contribution in [0, 0.1) is 5.41 Å². The Balaban J connectivity index is 1.39. The lowest BCUT2D eigenvalue weighted by molar-refractivity contribution is -0.0799. The highest BCUT2D eigenvalue weighted by Crippen LogP contribution is 2.59. The molecule has 0 aromatic heterocycles. The number of allylic oxidation sites excluding steroid dienone is 2. The van der Waals surface area contributed by atoms with E-state index in [4.69, 9.17) is 4.74 Å². The Bertz CT molecular complexity index is 1600. The van der Waals surface area contributed by atoms with Gasteiger partial charge in [-0.3, -0.25) is 4.79 Å². The zero-order valence-corrected chi connectivity index (χ0v) is 28.4. The predicted molar refractivity (Wildman–Crippen MR) is 189 cm³/mol. The number of anilines is 1. The summed E-state index contributed by atoms with van der Waals surface area (Å²) in [6, 6.07) is 24.6. The molecule has 0 radical (unpaired) electrons. The fraction of sp³-hybridized carbons (Fsp3) is 0.463. The van der Waals surface area contributed by atoms with Crippen LogP contribution in [0.1, 0.15) is 98.2 Å². The second-order valence-electron chi connectivity index (χ2n) is 14.5. The Labute approximate surface area is 285 Å². The van der Waals surface area contributed by atoms with Crippen molar-refractivity contribution in [1.82, 2.24) is 4.90 Å². The average Bonchev–Trinajstić information content (AvgIpc) is 3.69. The summed E-state index contributed by atoms with van der Waals surface area (Å²) < 4.78 is 5.98. The SMILES string of the molecule is CC1=CCC[C@@]2(C)[C@@H](CC[C@@]2(O)CN(C[C@H]2CCCO2)C(=O)Nc2ccccc2)c2ccc(cc2C(=O)c2ccccc2)C[C@@H](O)CC1. The van der Waals surface area contributed by atoms with Crippen molar-refractivity contribution in [3.63, 3.8) is 0 Å². The van der Waals surface area contributed by atoms with E-state index in [9.17, 15) is 19.8 Å². The molecule has 2 bridgehead atoms. The molecule has 0 spiro atoms. The van der Waals surface area contributed by atoms with Gasteiger partial charge in [-0.1, -0.05) is 79.2 Å². The van der Waals surface area contributed by atoms with E-state index in [0.717, 1.165) is 36.8 Å². The summed E-state index contributed by atoms with van der Waals surface area (Å²) in [6.07, 6.45) is 8.02. The number of aliphatic hydroxyl groups is 2. The van der Waals surface area contributed by atoms with Gasteiger partial charge in [0.25, 0.3) is 0 Å². The summed E-state index contributed by atoms with van der Waals surface area (Å²) in [7, 11) is 0. The van der Waals surface area contributed by atoms with Crippen LogP contribution in [0.4, 0.5) is 10.5 Å². The van der Waals surface area contributed by atoms with E-state index < -0.39 is 17.1 Å². The van der Waals surface area contributed by atoms with Gasteiger partial charge in [0, 0.05) is 35.4 Å². The minimum atomic E-state index is -1.22. The van der Waals surface area contributed by atoms with Crippen LogP contribution in [0.25, 0.3) is 0 Å². The molecular weight excluding hydrogens is 600 g/mol. The first-order chi connectivity index (χ1) is 23.1. The molecule has 4 aliphatic rings. The summed E-state index contributed by atoms with van der Waals surface area (Å²) in [4.78, 5) is 29.9. The van der Waals surface area contributed by atoms with Crippen molar-refractivity contribution in [3.05, 3.63) is 113 Å². The van der Waals surface area contributed by atoms with Gasteiger partial charge in [-0.25, -0.2) is 4.79 Å². The minimum Gasteiger partial charge on any atom is -0.393 e. The van der Waals surface area contributed by atoms with Crippen LogP contribution >= 0.6 is 0 Å². The number of fused-ring (bicyclic) bond motifs is 8. The Morgan fingerprint density at radius 3 is 2.46 bits per heavy atom. The first kappa shape index (κ1) is 34.1. The van der Waals surface area contributed by atoms with Crippen molar-refractivity contribution in [2.24, 2.45) is 5.41 Å². The minimum absolute atomic E-state index is 0.0511. The normalized spacial score (nSPS) is 27.5. The number of ketones is 1. The zero-order valence-electron chi connectivity index (χ0n) is 28.4. The molecule has 1 saturated heterocycles. The second-order valence-corrected chi connectivity index (χ2v) is 14.5. The van der Waals surface area contributed by atoms with Crippen LogP contribution in [-0.4, -0.2) is 64.4 Å². The molecule has 254 valence electrons. The van der Waals surface area contributed by atoms with Crippen molar-refractivity contribution in [2.75, 3.05) is 25.0 Å². The van der Waals surface area contributed by atoms with Gasteiger partial charge in [0.15, 0.2) is 5.78 Å². The van der Waals surface area contributed by atoms with Gasteiger partial charge in [-0.2, -0.15) is 0 Å². The van der Waals surface area contributed by atoms with E-state index in [0.29, 0.717) is 62.1 Å². The van der Waals surface area contributed by atoms with E-state index in [1.165, 1.54) is 5.57 Å². The monoisotopic (exact) mass is 650 g/mol. The number of urea groups is 1. The number of nitrogens with zero attached hydrogens (tertiary/aromatic N) is 1. The number of hydrogen-bond acceptors (Lipinski definition) is 5. The van der Waals surface area contributed by atoms with Gasteiger partial charge >= 0.3 is 6.03 Å². The summed E-state index contributed by atoms with van der Waals surface area (Å²) in [5.74, 6) is -0.174. The molecule has 2 fully saturated rings. The Kier molecular flexibility index (Phi) is 10.5. The van der Waals surface area contributed by atoms with Crippen molar-refractivity contribution in [1.29, 1.82) is 0 Å². The Morgan fingerprint density at radius 1 is 0.979 bits per heavy atom. The predicted octanol–water partition coefficient (Wildman–Crippen LogP) is 7.67. The molecule has 7 heteroatoms. The molecule has 1 heterocycles. The third kappa shape index (κ3) is 7.44. The van der Waals surface area contributed by atoms with Gasteiger partial charge in [0.1, 0.15) is 0 Å². The maximum absolute atomic E-state index is 14.2. The number of ether oxygens (including phenoxy) is 1. The highest BCUT2D eigenvalue weighted by Gasteiger charge is 2.57. The van der Waals surface area contributed by atoms with Crippen molar-refractivity contribution in [2.45, 2.75) is 95.4 Å². The van der Waals surface area contributed by atoms with Crippen LogP contribution < -0.4 is 5.32 Å². The van der Waals surface area contributed by atoms with Gasteiger partial charge < -0.3 is 25.2 Å². The number of benzene rings is 3. The summed E-state index contributed by atoms with van der Waals surface area (Å²) in [5.41, 5.74) is 3.17. The standard InChI is InChI=1S/C41H50N2O5/c1-29-11-9-22-40(2)37(35-20-18-30(25-33(44)19-17-29)26-36(35)38(45)31-12-5-3-6-13-31)21-23-41(40,47)28-43(27-34-16-10-24-48-34)39(46)42-32-14-7-4-8-15-32/h3-8,11-15,18,20,26,33-34,37,44,47H,9-10,16-17,19,21-25,27-28H2,1-2H3,(H,42,46)/t33-,34+,37-,40-,41+/m0/s1. The van der Waals surface area contributed by atoms with Gasteiger partial charge in [0.05, 0.1) is 24.4 Å². The molecule has 7 nitrogen and oxygen atoms in total. The molecular formula is C41H50N2O5. The fourth-order valence-electron chi connectivity index (χ4n) is 8.23. The maximum atomic E-state index is 14.2. The quantitative estimate of drug-likeness (QED) is 0.180. The number of aliphatic hydroxyl groups excluding tert-OH is 1. The van der Waals surface area contributed by atoms with Gasteiger partial charge in [-0.05, 0) is 100.0 Å². The van der Waals surface area contributed by atoms with E-state index in [2.05, 4.69) is 31.3 Å². The zero-order chi connectivity index (χ0) is 33.7. The summed E-state index contributed by atoms with van der Waals surface area (Å²) in [6.45, 7) is 5.51. The fourth-order valence-corrected chi connectivity index (χ4v) is 8.23. The Morgan fingerprint density at radius 2 is 1.73 bits per heavy atom. The van der Waals surface area contributed by atoms with Crippen LogP contribution in [-0.2, 0) is 11.2 Å². The topological polar surface area (TPSA) is 99.1 Å². The molecule has 3 aliphatic carbocycles. The van der Waals surface area contributed by atoms with Crippen LogP contribution in [0.3, 0.4) is 0 Å². The molecule has 3 aromatic rings. The first-order valence-corrected chi connectivity index (χ1v) is 17.7. The molecule has 48 heavy (non-hydrogen) atoms. The van der Waals surface area contributed by atoms with Crippen molar-refractivity contribution < 1.29 is 24.5 Å². The number of hydrogen-bond donors (Lipinski definition) is 3. The highest BCUT2D eigenvalue weighted by molar-refractivity contribution is 6.10. The van der Waals surface area contributed by atoms with E-state index >= 15 is 0 Å². The third-order valence-electron chi connectivity index (χ3n) is 11.2. The Hall–Kier alpha value is -3.78. The molecule has 5 atom stereocenters. The number of nitrogens with one attached hydrogen (secondary N) is 1. The molecule has 3 N–H and O–H groups in total. The lowest BCUT2D eigenvalue weighted by Gasteiger charge is -2.46. The molecule has 2 amide bonds. The highest BCUT2D eigenvalue weighted by atomic mass is 16.5. The lowest BCUT2D eigenvalue weighted by Crippen LogP contribution is -2.55. The average molecular weight is 651 g/mol. The second kappa shape index (κ2) is 14.8. The molecule has 0 unspecified atom stereocenters. The number of carbonyl (C=O) groups excluding carboxylic acids is 2. The van der Waals surface area contributed by atoms with Crippen molar-refractivity contribution in [3.8, 4) is 0 Å². The number of carbonyl (C=O) groups is 2. The van der Waals surface area contributed by atoms with E-state index in [-0.39, 0.29) is 30.4 Å². The smallest absolute Gasteiger partial charge is 0.322 e. The first-order valence-electron chi connectivity index (χ1n) is 17.7. The van der Waals surface area contributed by atoms with Crippen LogP contribution in [0.15, 0.2) is 90.5 Å². The third-order valence-corrected chi connectivity index (χ3v) is 11.2. The van der Waals surface area contributed by atoms with Crippen molar-refractivity contribution >= 4 is 17.5 Å². The van der Waals surface area contributed by atoms with Gasteiger partial charge in [0.2, 0.25) is 0 Å². The molecule has 1 aliphatic heterocycles. The maximum Gasteiger partial charge on any atom is 0.322 e. The van der Waals surface area contributed by atoms with E-state index in [1.54, 1.807) is 4.90 Å². The number of rotatable bonds is 7. The van der Waals surface area contributed by atoms with Crippen LogP contribution in [0.5, 0.6) is 0 Å². The van der Waals surface area contributed by atoms with E-state index in [1.807, 2.05) is 72.8 Å². The summed E-state index contributed by atoms with van der Waals surface area (Å²) >= 11 is 0. The lowest BCUT2D eigenvalue weighted by atomic mass is 9.64. The van der Waals surface area contributed by atoms with Crippen LogP contribution in [0.2, 0.25) is 0 Å². The summed E-state index contributed by atoms with van der Waals surface area (Å²) in [5, 5.41) is 26.9. The van der Waals surface area contributed by atoms with Gasteiger partial charge in [-0.15, -0.1) is 0 Å². The largest absolute Gasteiger partial charge is 0.393 e. The molecule has 7 rings (SSSR count). The molecule has 1 saturated carbocycles.